The molecule has 0 saturated heterocycles. The third-order valence-corrected chi connectivity index (χ3v) is 4.25. The van der Waals surface area contributed by atoms with Crippen molar-refractivity contribution >= 4 is 11.6 Å². The van der Waals surface area contributed by atoms with E-state index in [-0.39, 0.29) is 5.91 Å². The second-order valence-corrected chi connectivity index (χ2v) is 5.97. The molecule has 0 atom stereocenters. The van der Waals surface area contributed by atoms with Gasteiger partial charge >= 0.3 is 0 Å². The number of fused-ring (bicyclic) bond motifs is 1. The van der Waals surface area contributed by atoms with Crippen LogP contribution in [0.1, 0.15) is 48.4 Å². The molecule has 23 heavy (non-hydrogen) atoms. The normalized spacial score (nSPS) is 11.3. The lowest BCUT2D eigenvalue weighted by Gasteiger charge is -2.17. The van der Waals surface area contributed by atoms with Gasteiger partial charge in [-0.2, -0.15) is 0 Å². The Kier molecular flexibility index (Phi) is 6.16. The smallest absolute Gasteiger partial charge is 0.270 e. The molecule has 0 aliphatic carbocycles. The van der Waals surface area contributed by atoms with Crippen LogP contribution in [-0.2, 0) is 0 Å². The van der Waals surface area contributed by atoms with Crippen molar-refractivity contribution in [1.82, 2.24) is 19.6 Å². The molecule has 0 spiro atoms. The van der Waals surface area contributed by atoms with Crippen LogP contribution >= 0.6 is 0 Å². The Bertz CT molecular complexity index is 658. The lowest BCUT2D eigenvalue weighted by atomic mass is 10.2. The van der Waals surface area contributed by atoms with Crippen LogP contribution in [0.25, 0.3) is 5.65 Å². The van der Waals surface area contributed by atoms with Gasteiger partial charge in [0.1, 0.15) is 11.3 Å². The van der Waals surface area contributed by atoms with Gasteiger partial charge in [0.25, 0.3) is 5.91 Å². The van der Waals surface area contributed by atoms with Gasteiger partial charge in [0, 0.05) is 12.7 Å². The Morgan fingerprint density at radius 2 is 2.00 bits per heavy atom. The first kappa shape index (κ1) is 17.5. The van der Waals surface area contributed by atoms with Gasteiger partial charge in [-0.15, -0.1) is 0 Å². The molecule has 2 aromatic rings. The van der Waals surface area contributed by atoms with Gasteiger partial charge in [-0.1, -0.05) is 13.8 Å². The van der Waals surface area contributed by atoms with Crippen molar-refractivity contribution < 1.29 is 4.79 Å². The molecule has 0 fully saturated rings. The van der Waals surface area contributed by atoms with E-state index in [9.17, 15) is 4.79 Å². The highest BCUT2D eigenvalue weighted by Gasteiger charge is 2.15. The maximum Gasteiger partial charge on any atom is 0.270 e. The number of carbonyl (C=O) groups is 1. The molecule has 2 rings (SSSR count). The summed E-state index contributed by atoms with van der Waals surface area (Å²) in [5, 5.41) is 3.02. The summed E-state index contributed by atoms with van der Waals surface area (Å²) in [5.41, 5.74) is 3.39. The van der Waals surface area contributed by atoms with E-state index < -0.39 is 0 Å². The number of aromatic nitrogens is 2. The largest absolute Gasteiger partial charge is 0.351 e. The lowest BCUT2D eigenvalue weighted by Crippen LogP contribution is -2.28. The number of unbranched alkanes of at least 4 members (excludes halogenated alkanes) is 1. The van der Waals surface area contributed by atoms with E-state index in [1.54, 1.807) is 0 Å². The predicted molar refractivity (Wildman–Crippen MR) is 94.0 cm³/mol. The van der Waals surface area contributed by atoms with E-state index in [4.69, 9.17) is 0 Å². The number of rotatable bonds is 8. The third kappa shape index (κ3) is 4.32. The van der Waals surface area contributed by atoms with Crippen LogP contribution in [0.5, 0.6) is 0 Å². The Morgan fingerprint density at radius 3 is 2.70 bits per heavy atom. The Labute approximate surface area is 138 Å². The van der Waals surface area contributed by atoms with Crippen molar-refractivity contribution in [3.05, 3.63) is 35.3 Å². The van der Waals surface area contributed by atoms with Crippen molar-refractivity contribution in [2.45, 2.75) is 40.5 Å². The van der Waals surface area contributed by atoms with Crippen LogP contribution in [0.3, 0.4) is 0 Å². The Morgan fingerprint density at radius 1 is 1.26 bits per heavy atom. The number of aryl methyl sites for hydroxylation is 2. The fourth-order valence-electron chi connectivity index (χ4n) is 2.82. The highest BCUT2D eigenvalue weighted by molar-refractivity contribution is 5.94. The van der Waals surface area contributed by atoms with Gasteiger partial charge in [0.05, 0.1) is 5.69 Å². The second kappa shape index (κ2) is 8.11. The van der Waals surface area contributed by atoms with E-state index in [1.807, 2.05) is 36.6 Å². The highest BCUT2D eigenvalue weighted by Crippen LogP contribution is 2.13. The maximum atomic E-state index is 12.5. The summed E-state index contributed by atoms with van der Waals surface area (Å²) in [6.07, 6.45) is 4.02. The van der Waals surface area contributed by atoms with Crippen molar-refractivity contribution in [3.63, 3.8) is 0 Å². The molecule has 0 saturated carbocycles. The summed E-state index contributed by atoms with van der Waals surface area (Å²) >= 11 is 0. The minimum Gasteiger partial charge on any atom is -0.351 e. The number of imidazole rings is 1. The number of pyridine rings is 1. The predicted octanol–water partition coefficient (Wildman–Crippen LogP) is 2.80. The molecule has 0 aromatic carbocycles. The van der Waals surface area contributed by atoms with Crippen LogP contribution < -0.4 is 5.32 Å². The zero-order valence-electron chi connectivity index (χ0n) is 14.7. The van der Waals surface area contributed by atoms with Crippen molar-refractivity contribution in [3.8, 4) is 0 Å². The molecule has 126 valence electrons. The average Bonchev–Trinajstić information content (AvgIpc) is 2.85. The zero-order valence-corrected chi connectivity index (χ0v) is 14.7. The quantitative estimate of drug-likeness (QED) is 0.762. The first-order valence-electron chi connectivity index (χ1n) is 8.52. The van der Waals surface area contributed by atoms with Gasteiger partial charge in [-0.3, -0.25) is 9.20 Å². The number of amides is 1. The fourth-order valence-corrected chi connectivity index (χ4v) is 2.82. The van der Waals surface area contributed by atoms with Gasteiger partial charge in [0.15, 0.2) is 0 Å². The lowest BCUT2D eigenvalue weighted by molar-refractivity contribution is 0.0946. The molecule has 0 radical (unpaired) electrons. The molecule has 2 heterocycles. The van der Waals surface area contributed by atoms with Gasteiger partial charge in [-0.25, -0.2) is 4.98 Å². The van der Waals surface area contributed by atoms with Gasteiger partial charge in [0.2, 0.25) is 0 Å². The Balaban J connectivity index is 1.90. The van der Waals surface area contributed by atoms with E-state index in [0.29, 0.717) is 12.2 Å². The molecule has 0 unspecified atom stereocenters. The van der Waals surface area contributed by atoms with E-state index in [2.05, 4.69) is 29.0 Å². The number of nitrogens with zero attached hydrogens (tertiary/aromatic N) is 3. The first-order valence-corrected chi connectivity index (χ1v) is 8.52. The number of nitrogens with one attached hydrogen (secondary N) is 1. The highest BCUT2D eigenvalue weighted by atomic mass is 16.1. The molecule has 0 bridgehead atoms. The van der Waals surface area contributed by atoms with Crippen LogP contribution in [-0.4, -0.2) is 46.4 Å². The number of hydrogen-bond acceptors (Lipinski definition) is 3. The minimum absolute atomic E-state index is 0.0401. The first-order chi connectivity index (χ1) is 11.1. The summed E-state index contributed by atoms with van der Waals surface area (Å²) in [6, 6.07) is 3.99. The van der Waals surface area contributed by atoms with E-state index in [1.165, 1.54) is 0 Å². The van der Waals surface area contributed by atoms with Crippen LogP contribution in [0.15, 0.2) is 18.3 Å². The SMILES string of the molecule is CCN(CC)CCCCNC(=O)c1c(C)nc2cc(C)ccn12. The average molecular weight is 316 g/mol. The van der Waals surface area contributed by atoms with Gasteiger partial charge < -0.3 is 10.2 Å². The summed E-state index contributed by atoms with van der Waals surface area (Å²) in [7, 11) is 0. The zero-order chi connectivity index (χ0) is 16.8. The maximum absolute atomic E-state index is 12.5. The molecule has 2 aromatic heterocycles. The Hall–Kier alpha value is -1.88. The molecule has 1 amide bonds. The third-order valence-electron chi connectivity index (χ3n) is 4.25. The standard InChI is InChI=1S/C18H28N4O/c1-5-21(6-2)11-8-7-10-19-18(23)17-15(4)20-16-13-14(3)9-12-22(16)17/h9,12-13H,5-8,10-11H2,1-4H3,(H,19,23). The molecule has 0 aliphatic rings. The van der Waals surface area contributed by atoms with Crippen LogP contribution in [0.2, 0.25) is 0 Å². The molecular formula is C18H28N4O. The van der Waals surface area contributed by atoms with E-state index in [0.717, 1.165) is 49.4 Å². The van der Waals surface area contributed by atoms with Crippen molar-refractivity contribution in [1.29, 1.82) is 0 Å². The molecule has 5 nitrogen and oxygen atoms in total. The fraction of sp³-hybridized carbons (Fsp3) is 0.556. The summed E-state index contributed by atoms with van der Waals surface area (Å²) < 4.78 is 1.87. The van der Waals surface area contributed by atoms with Gasteiger partial charge in [-0.05, 0) is 64.0 Å². The van der Waals surface area contributed by atoms with Crippen molar-refractivity contribution in [2.24, 2.45) is 0 Å². The van der Waals surface area contributed by atoms with Crippen molar-refractivity contribution in [2.75, 3.05) is 26.2 Å². The molecule has 0 aliphatic heterocycles. The summed E-state index contributed by atoms with van der Waals surface area (Å²) in [6.45, 7) is 12.3. The van der Waals surface area contributed by atoms with E-state index >= 15 is 0 Å². The molecular weight excluding hydrogens is 288 g/mol. The molecule has 5 heteroatoms. The van der Waals surface area contributed by atoms with Crippen LogP contribution in [0.4, 0.5) is 0 Å². The summed E-state index contributed by atoms with van der Waals surface area (Å²) in [4.78, 5) is 19.3. The second-order valence-electron chi connectivity index (χ2n) is 5.97. The topological polar surface area (TPSA) is 49.6 Å². The number of carbonyl (C=O) groups excluding carboxylic acids is 1. The summed E-state index contributed by atoms with van der Waals surface area (Å²) in [5.74, 6) is -0.0401. The minimum atomic E-state index is -0.0401. The monoisotopic (exact) mass is 316 g/mol. The molecule has 1 N–H and O–H groups in total. The number of hydrogen-bond donors (Lipinski definition) is 1. The van der Waals surface area contributed by atoms with Crippen LogP contribution in [0, 0.1) is 13.8 Å².